The second-order valence-corrected chi connectivity index (χ2v) is 4.44. The van der Waals surface area contributed by atoms with Gasteiger partial charge in [-0.1, -0.05) is 11.6 Å². The number of nitrogens with two attached hydrogens (primary N) is 2. The maximum atomic E-state index is 6.07. The number of fused-ring (bicyclic) bond motifs is 1. The third-order valence-corrected chi connectivity index (χ3v) is 2.90. The number of hydrogen-bond acceptors (Lipinski definition) is 6. The Balaban J connectivity index is 2.21. The van der Waals surface area contributed by atoms with Gasteiger partial charge in [-0.05, 0) is 6.07 Å². The molecule has 1 aromatic carbocycles. The molecule has 2 heterocycles. The van der Waals surface area contributed by atoms with Crippen molar-refractivity contribution >= 4 is 23.2 Å². The quantitative estimate of drug-likeness (QED) is 0.825. The van der Waals surface area contributed by atoms with E-state index in [0.29, 0.717) is 41.0 Å². The van der Waals surface area contributed by atoms with Crippen molar-refractivity contribution in [3.63, 3.8) is 0 Å². The van der Waals surface area contributed by atoms with E-state index in [9.17, 15) is 0 Å². The second-order valence-electron chi connectivity index (χ2n) is 4.01. The van der Waals surface area contributed by atoms with Gasteiger partial charge in [0.25, 0.3) is 0 Å². The molecule has 0 fully saturated rings. The van der Waals surface area contributed by atoms with Crippen molar-refractivity contribution in [3.05, 3.63) is 23.4 Å². The van der Waals surface area contributed by atoms with Crippen molar-refractivity contribution in [1.82, 2.24) is 9.97 Å². The Hall–Kier alpha value is -2.21. The highest BCUT2D eigenvalue weighted by molar-refractivity contribution is 6.31. The lowest BCUT2D eigenvalue weighted by atomic mass is 10.1. The lowest BCUT2D eigenvalue weighted by Crippen LogP contribution is -2.16. The first-order chi connectivity index (χ1) is 9.15. The van der Waals surface area contributed by atoms with Gasteiger partial charge in [0.15, 0.2) is 17.3 Å². The van der Waals surface area contributed by atoms with E-state index in [0.717, 1.165) is 0 Å². The first-order valence-electron chi connectivity index (χ1n) is 5.62. The van der Waals surface area contributed by atoms with E-state index >= 15 is 0 Å². The van der Waals surface area contributed by atoms with Crippen LogP contribution in [0.15, 0.2) is 18.3 Å². The molecule has 0 saturated carbocycles. The highest BCUT2D eigenvalue weighted by Gasteiger charge is 2.21. The molecule has 3 rings (SSSR count). The SMILES string of the molecule is Nc1cnc(-c2cc(Cl)cc3c2OCCO3)c(N)n1. The molecule has 0 radical (unpaired) electrons. The molecule has 19 heavy (non-hydrogen) atoms. The molecule has 0 atom stereocenters. The molecule has 1 aliphatic rings. The van der Waals surface area contributed by atoms with E-state index in [1.807, 2.05) is 0 Å². The summed E-state index contributed by atoms with van der Waals surface area (Å²) in [5.74, 6) is 1.63. The first-order valence-corrected chi connectivity index (χ1v) is 6.00. The number of benzene rings is 1. The van der Waals surface area contributed by atoms with Crippen LogP contribution in [-0.2, 0) is 0 Å². The highest BCUT2D eigenvalue weighted by Crippen LogP contribution is 2.42. The molecule has 1 aromatic heterocycles. The average Bonchev–Trinajstić information content (AvgIpc) is 2.38. The van der Waals surface area contributed by atoms with E-state index in [2.05, 4.69) is 9.97 Å². The maximum Gasteiger partial charge on any atom is 0.170 e. The fourth-order valence-corrected chi connectivity index (χ4v) is 2.13. The van der Waals surface area contributed by atoms with Crippen molar-refractivity contribution in [3.8, 4) is 22.8 Å². The molecular weight excluding hydrogens is 268 g/mol. The first kappa shape index (κ1) is 11.9. The molecule has 2 aromatic rings. The molecule has 0 aliphatic carbocycles. The summed E-state index contributed by atoms with van der Waals surface area (Å²) in [6.07, 6.45) is 1.43. The van der Waals surface area contributed by atoms with Crippen molar-refractivity contribution in [2.24, 2.45) is 0 Å². The summed E-state index contributed by atoms with van der Waals surface area (Å²) in [6.45, 7) is 0.944. The number of rotatable bonds is 1. The standard InChI is InChI=1S/C12H11ClN4O2/c13-6-3-7(10-12(15)17-9(14)5-16-10)11-8(4-6)18-1-2-19-11/h3-5H,1-2H2,(H4,14,15,17). The van der Waals surface area contributed by atoms with E-state index in [4.69, 9.17) is 32.5 Å². The third-order valence-electron chi connectivity index (χ3n) is 2.68. The number of anilines is 2. The van der Waals surface area contributed by atoms with Gasteiger partial charge in [0.2, 0.25) is 0 Å². The molecule has 6 nitrogen and oxygen atoms in total. The minimum absolute atomic E-state index is 0.221. The summed E-state index contributed by atoms with van der Waals surface area (Å²) >= 11 is 6.07. The van der Waals surface area contributed by atoms with Crippen LogP contribution < -0.4 is 20.9 Å². The summed E-state index contributed by atoms with van der Waals surface area (Å²) in [4.78, 5) is 8.17. The molecule has 4 N–H and O–H groups in total. The summed E-state index contributed by atoms with van der Waals surface area (Å²) in [6, 6.07) is 3.41. The molecule has 0 saturated heterocycles. The smallest absolute Gasteiger partial charge is 0.170 e. The van der Waals surface area contributed by atoms with Crippen LogP contribution in [0.25, 0.3) is 11.3 Å². The number of nitrogens with zero attached hydrogens (tertiary/aromatic N) is 2. The van der Waals surface area contributed by atoms with Crippen LogP contribution in [-0.4, -0.2) is 23.2 Å². The van der Waals surface area contributed by atoms with E-state index < -0.39 is 0 Å². The van der Waals surface area contributed by atoms with Gasteiger partial charge in [-0.3, -0.25) is 0 Å². The highest BCUT2D eigenvalue weighted by atomic mass is 35.5. The zero-order valence-electron chi connectivity index (χ0n) is 9.89. The fourth-order valence-electron chi connectivity index (χ4n) is 1.92. The van der Waals surface area contributed by atoms with Crippen LogP contribution in [0.4, 0.5) is 11.6 Å². The monoisotopic (exact) mass is 278 g/mol. The Morgan fingerprint density at radius 3 is 2.74 bits per heavy atom. The van der Waals surface area contributed by atoms with E-state index in [-0.39, 0.29) is 11.6 Å². The Labute approximate surface area is 114 Å². The van der Waals surface area contributed by atoms with Gasteiger partial charge in [0, 0.05) is 11.1 Å². The van der Waals surface area contributed by atoms with E-state index in [1.54, 1.807) is 12.1 Å². The Morgan fingerprint density at radius 2 is 1.95 bits per heavy atom. The van der Waals surface area contributed by atoms with Crippen LogP contribution in [0.1, 0.15) is 0 Å². The summed E-state index contributed by atoms with van der Waals surface area (Å²) in [5, 5.41) is 0.511. The Bertz CT molecular complexity index is 648. The fraction of sp³-hybridized carbons (Fsp3) is 0.167. The van der Waals surface area contributed by atoms with Gasteiger partial charge >= 0.3 is 0 Å². The number of ether oxygens (including phenoxy) is 2. The molecule has 0 amide bonds. The summed E-state index contributed by atoms with van der Waals surface area (Å²) in [5.41, 5.74) is 12.5. The molecule has 0 spiro atoms. The van der Waals surface area contributed by atoms with Crippen LogP contribution in [0, 0.1) is 0 Å². The lowest BCUT2D eigenvalue weighted by molar-refractivity contribution is 0.172. The summed E-state index contributed by atoms with van der Waals surface area (Å²) < 4.78 is 11.1. The number of aromatic nitrogens is 2. The normalized spacial score (nSPS) is 13.3. The van der Waals surface area contributed by atoms with Gasteiger partial charge in [-0.25, -0.2) is 9.97 Å². The number of nitrogen functional groups attached to an aromatic ring is 2. The minimum Gasteiger partial charge on any atom is -0.486 e. The van der Waals surface area contributed by atoms with Crippen molar-refractivity contribution in [2.75, 3.05) is 24.7 Å². The minimum atomic E-state index is 0.221. The van der Waals surface area contributed by atoms with Gasteiger partial charge < -0.3 is 20.9 Å². The van der Waals surface area contributed by atoms with Crippen LogP contribution in [0.5, 0.6) is 11.5 Å². The third kappa shape index (κ3) is 2.10. The largest absolute Gasteiger partial charge is 0.486 e. The zero-order chi connectivity index (χ0) is 13.4. The Kier molecular flexibility index (Phi) is 2.79. The number of halogens is 1. The van der Waals surface area contributed by atoms with Gasteiger partial charge in [0.1, 0.15) is 24.7 Å². The predicted octanol–water partition coefficient (Wildman–Crippen LogP) is 1.73. The van der Waals surface area contributed by atoms with Crippen molar-refractivity contribution in [2.45, 2.75) is 0 Å². The molecule has 1 aliphatic heterocycles. The lowest BCUT2D eigenvalue weighted by Gasteiger charge is -2.21. The maximum absolute atomic E-state index is 6.07. The molecule has 0 bridgehead atoms. The summed E-state index contributed by atoms with van der Waals surface area (Å²) in [7, 11) is 0. The van der Waals surface area contributed by atoms with Crippen LogP contribution in [0.3, 0.4) is 0 Å². The predicted molar refractivity (Wildman–Crippen MR) is 72.3 cm³/mol. The molecule has 98 valence electrons. The van der Waals surface area contributed by atoms with Gasteiger partial charge in [-0.15, -0.1) is 0 Å². The molecule has 7 heteroatoms. The molecule has 0 unspecified atom stereocenters. The molecular formula is C12H11ClN4O2. The average molecular weight is 279 g/mol. The topological polar surface area (TPSA) is 96.3 Å². The van der Waals surface area contributed by atoms with Crippen molar-refractivity contribution < 1.29 is 9.47 Å². The van der Waals surface area contributed by atoms with Gasteiger partial charge in [0.05, 0.1) is 11.8 Å². The van der Waals surface area contributed by atoms with Crippen LogP contribution in [0.2, 0.25) is 5.02 Å². The van der Waals surface area contributed by atoms with Crippen molar-refractivity contribution in [1.29, 1.82) is 0 Å². The Morgan fingerprint density at radius 1 is 1.16 bits per heavy atom. The van der Waals surface area contributed by atoms with E-state index in [1.165, 1.54) is 6.20 Å². The number of hydrogen-bond donors (Lipinski definition) is 2. The van der Waals surface area contributed by atoms with Gasteiger partial charge in [-0.2, -0.15) is 0 Å². The van der Waals surface area contributed by atoms with Crippen LogP contribution >= 0.6 is 11.6 Å². The zero-order valence-corrected chi connectivity index (χ0v) is 10.6. The second kappa shape index (κ2) is 4.47.